The second kappa shape index (κ2) is 7.64. The fourth-order valence-electron chi connectivity index (χ4n) is 5.68. The lowest BCUT2D eigenvalue weighted by molar-refractivity contribution is 0.963. The van der Waals surface area contributed by atoms with E-state index in [9.17, 15) is 0 Å². The molecule has 4 aromatic rings. The fraction of sp³-hybridized carbons (Fsp3) is 0.188. The summed E-state index contributed by atoms with van der Waals surface area (Å²) < 4.78 is 0. The van der Waals surface area contributed by atoms with Gasteiger partial charge in [-0.15, -0.1) is 0 Å². The SMILES string of the molecule is Cc1ccc2c(c1)CCc1ccccc1/C2=C1/c2ccccc2CCc2cc(C)ccc21. The molecule has 0 saturated carbocycles. The van der Waals surface area contributed by atoms with Gasteiger partial charge in [-0.05, 0) is 95.2 Å². The second-order valence-electron chi connectivity index (χ2n) is 9.39. The maximum atomic E-state index is 2.40. The Morgan fingerprint density at radius 1 is 0.406 bits per heavy atom. The van der Waals surface area contributed by atoms with Crippen molar-refractivity contribution in [3.63, 3.8) is 0 Å². The summed E-state index contributed by atoms with van der Waals surface area (Å²) in [4.78, 5) is 0. The maximum Gasteiger partial charge on any atom is -0.00211 e. The van der Waals surface area contributed by atoms with Crippen molar-refractivity contribution in [2.45, 2.75) is 39.5 Å². The molecule has 0 fully saturated rings. The van der Waals surface area contributed by atoms with Gasteiger partial charge in [-0.3, -0.25) is 0 Å². The zero-order valence-corrected chi connectivity index (χ0v) is 18.9. The number of hydrogen-bond acceptors (Lipinski definition) is 0. The van der Waals surface area contributed by atoms with E-state index in [1.165, 1.54) is 66.8 Å². The summed E-state index contributed by atoms with van der Waals surface area (Å²) in [5.74, 6) is 0. The molecule has 0 bridgehead atoms. The van der Waals surface area contributed by atoms with Crippen molar-refractivity contribution in [3.05, 3.63) is 141 Å². The zero-order chi connectivity index (χ0) is 21.7. The fourth-order valence-corrected chi connectivity index (χ4v) is 5.68. The highest BCUT2D eigenvalue weighted by Gasteiger charge is 2.26. The summed E-state index contributed by atoms with van der Waals surface area (Å²) in [6.07, 6.45) is 4.36. The standard InChI is InChI=1S/C32H28/c1-21-11-17-29-25(19-21)15-13-23-7-3-5-9-27(23)31(29)32-28-10-6-4-8-24(28)14-16-26-20-22(2)12-18-30(26)32/h3-12,17-20H,13-16H2,1-2H3/b32-31+. The average Bonchev–Trinajstić information content (AvgIpc) is 3.06. The van der Waals surface area contributed by atoms with Crippen molar-refractivity contribution in [2.24, 2.45) is 0 Å². The van der Waals surface area contributed by atoms with E-state index >= 15 is 0 Å². The first-order valence-corrected chi connectivity index (χ1v) is 11.8. The highest BCUT2D eigenvalue weighted by atomic mass is 14.3. The Morgan fingerprint density at radius 3 is 1.25 bits per heavy atom. The van der Waals surface area contributed by atoms with E-state index in [2.05, 4.69) is 98.8 Å². The molecule has 0 heterocycles. The number of benzene rings is 4. The molecule has 32 heavy (non-hydrogen) atoms. The lowest BCUT2D eigenvalue weighted by atomic mass is 9.82. The predicted octanol–water partition coefficient (Wildman–Crippen LogP) is 7.51. The Labute approximate surface area is 191 Å². The molecule has 0 saturated heterocycles. The third-order valence-corrected chi connectivity index (χ3v) is 7.21. The van der Waals surface area contributed by atoms with Crippen LogP contribution in [0.15, 0.2) is 84.9 Å². The summed E-state index contributed by atoms with van der Waals surface area (Å²) in [5.41, 5.74) is 17.0. The highest BCUT2D eigenvalue weighted by molar-refractivity contribution is 6.07. The molecule has 0 nitrogen and oxygen atoms in total. The first-order valence-electron chi connectivity index (χ1n) is 11.8. The Morgan fingerprint density at radius 2 is 0.781 bits per heavy atom. The lowest BCUT2D eigenvalue weighted by Gasteiger charge is -2.21. The van der Waals surface area contributed by atoms with Crippen LogP contribution >= 0.6 is 0 Å². The molecule has 2 aliphatic rings. The normalized spacial score (nSPS) is 16.8. The van der Waals surface area contributed by atoms with Gasteiger partial charge in [-0.2, -0.15) is 0 Å². The van der Waals surface area contributed by atoms with Gasteiger partial charge in [0, 0.05) is 0 Å². The third-order valence-electron chi connectivity index (χ3n) is 7.21. The molecule has 0 spiro atoms. The molecule has 0 radical (unpaired) electrons. The Bertz CT molecular complexity index is 1280. The molecule has 2 aliphatic carbocycles. The largest absolute Gasteiger partial charge is 0.0620 e. The van der Waals surface area contributed by atoms with Crippen molar-refractivity contribution in [3.8, 4) is 0 Å². The summed E-state index contributed by atoms with van der Waals surface area (Å²) >= 11 is 0. The maximum absolute atomic E-state index is 2.40. The molecule has 0 N–H and O–H groups in total. The van der Waals surface area contributed by atoms with Crippen molar-refractivity contribution < 1.29 is 0 Å². The summed E-state index contributed by atoms with van der Waals surface area (Å²) in [7, 11) is 0. The third kappa shape index (κ3) is 3.14. The van der Waals surface area contributed by atoms with E-state index in [1.54, 1.807) is 0 Å². The van der Waals surface area contributed by atoms with Crippen molar-refractivity contribution in [1.29, 1.82) is 0 Å². The van der Waals surface area contributed by atoms with Crippen LogP contribution in [0.25, 0.3) is 11.1 Å². The molecular weight excluding hydrogens is 384 g/mol. The molecule has 156 valence electrons. The Balaban J connectivity index is 1.81. The van der Waals surface area contributed by atoms with Crippen molar-refractivity contribution in [1.82, 2.24) is 0 Å². The van der Waals surface area contributed by atoms with Gasteiger partial charge < -0.3 is 0 Å². The van der Waals surface area contributed by atoms with Crippen LogP contribution in [0.1, 0.15) is 55.6 Å². The molecule has 0 aromatic heterocycles. The quantitative estimate of drug-likeness (QED) is 0.280. The van der Waals surface area contributed by atoms with E-state index in [-0.39, 0.29) is 0 Å². The van der Waals surface area contributed by atoms with Gasteiger partial charge in [0.05, 0.1) is 0 Å². The second-order valence-corrected chi connectivity index (χ2v) is 9.39. The van der Waals surface area contributed by atoms with Crippen LogP contribution in [-0.2, 0) is 25.7 Å². The van der Waals surface area contributed by atoms with Crippen LogP contribution in [0.3, 0.4) is 0 Å². The van der Waals surface area contributed by atoms with Gasteiger partial charge in [0.15, 0.2) is 0 Å². The minimum absolute atomic E-state index is 1.09. The predicted molar refractivity (Wildman–Crippen MR) is 135 cm³/mol. The monoisotopic (exact) mass is 412 g/mol. The molecule has 0 amide bonds. The number of aryl methyl sites for hydroxylation is 6. The molecule has 0 unspecified atom stereocenters. The minimum Gasteiger partial charge on any atom is -0.0620 e. The van der Waals surface area contributed by atoms with Crippen LogP contribution in [0.2, 0.25) is 0 Å². The molecule has 0 aliphatic heterocycles. The summed E-state index contributed by atoms with van der Waals surface area (Å²) in [5, 5.41) is 0. The van der Waals surface area contributed by atoms with E-state index in [0.29, 0.717) is 0 Å². The molecule has 0 atom stereocenters. The van der Waals surface area contributed by atoms with E-state index in [1.807, 2.05) is 0 Å². The number of rotatable bonds is 0. The Kier molecular flexibility index (Phi) is 4.61. The molecule has 6 rings (SSSR count). The zero-order valence-electron chi connectivity index (χ0n) is 18.9. The van der Waals surface area contributed by atoms with Crippen LogP contribution in [0, 0.1) is 13.8 Å². The smallest absolute Gasteiger partial charge is 0.00211 e. The highest BCUT2D eigenvalue weighted by Crippen LogP contribution is 2.44. The lowest BCUT2D eigenvalue weighted by Crippen LogP contribution is -2.01. The molecule has 0 heteroatoms. The first-order chi connectivity index (χ1) is 15.7. The van der Waals surface area contributed by atoms with Crippen molar-refractivity contribution >= 4 is 11.1 Å². The van der Waals surface area contributed by atoms with Gasteiger partial charge >= 0.3 is 0 Å². The minimum atomic E-state index is 1.09. The van der Waals surface area contributed by atoms with Crippen LogP contribution < -0.4 is 0 Å². The van der Waals surface area contributed by atoms with Crippen LogP contribution in [0.4, 0.5) is 0 Å². The van der Waals surface area contributed by atoms with E-state index in [0.717, 1.165) is 25.7 Å². The number of fused-ring (bicyclic) bond motifs is 4. The van der Waals surface area contributed by atoms with Gasteiger partial charge in [0.1, 0.15) is 0 Å². The topological polar surface area (TPSA) is 0 Å². The van der Waals surface area contributed by atoms with E-state index in [4.69, 9.17) is 0 Å². The first kappa shape index (κ1) is 19.3. The molecular formula is C32H28. The number of hydrogen-bond donors (Lipinski definition) is 0. The van der Waals surface area contributed by atoms with Gasteiger partial charge in [0.25, 0.3) is 0 Å². The molecule has 4 aromatic carbocycles. The van der Waals surface area contributed by atoms with Crippen molar-refractivity contribution in [2.75, 3.05) is 0 Å². The average molecular weight is 413 g/mol. The van der Waals surface area contributed by atoms with Crippen LogP contribution in [-0.4, -0.2) is 0 Å². The van der Waals surface area contributed by atoms with Crippen LogP contribution in [0.5, 0.6) is 0 Å². The Hall–Kier alpha value is -3.38. The van der Waals surface area contributed by atoms with Gasteiger partial charge in [0.2, 0.25) is 0 Å². The van der Waals surface area contributed by atoms with E-state index < -0.39 is 0 Å². The van der Waals surface area contributed by atoms with Gasteiger partial charge in [-0.1, -0.05) is 96.1 Å². The van der Waals surface area contributed by atoms with Gasteiger partial charge in [-0.25, -0.2) is 0 Å². The summed E-state index contributed by atoms with van der Waals surface area (Å²) in [6, 6.07) is 32.3. The summed E-state index contributed by atoms with van der Waals surface area (Å²) in [6.45, 7) is 4.42.